The monoisotopic (exact) mass is 364 g/mol. The fourth-order valence-corrected chi connectivity index (χ4v) is 3.20. The van der Waals surface area contributed by atoms with Gasteiger partial charge in [-0.05, 0) is 56.2 Å². The molecule has 0 aliphatic carbocycles. The van der Waals surface area contributed by atoms with Crippen LogP contribution in [0.25, 0.3) is 0 Å². The number of carbonyl (C=O) groups excluding carboxylic acids is 1. The second-order valence-corrected chi connectivity index (χ2v) is 6.56. The van der Waals surface area contributed by atoms with Crippen molar-refractivity contribution in [2.75, 3.05) is 13.1 Å². The molecule has 1 saturated heterocycles. The van der Waals surface area contributed by atoms with Crippen LogP contribution in [0.3, 0.4) is 0 Å². The van der Waals surface area contributed by atoms with Gasteiger partial charge in [0.05, 0.1) is 6.20 Å². The van der Waals surface area contributed by atoms with Crippen molar-refractivity contribution in [1.82, 2.24) is 20.0 Å². The molecule has 0 saturated carbocycles. The minimum atomic E-state index is 0.0306. The molecule has 1 aromatic carbocycles. The molecule has 1 aliphatic heterocycles. The average Bonchev–Trinajstić information content (AvgIpc) is 3.15. The Labute approximate surface area is 157 Å². The van der Waals surface area contributed by atoms with E-state index < -0.39 is 0 Å². The van der Waals surface area contributed by atoms with Gasteiger partial charge in [-0.3, -0.25) is 9.78 Å². The van der Waals surface area contributed by atoms with Crippen molar-refractivity contribution in [2.45, 2.75) is 25.7 Å². The Balaban J connectivity index is 1.36. The van der Waals surface area contributed by atoms with E-state index in [1.54, 1.807) is 36.7 Å². The lowest BCUT2D eigenvalue weighted by Gasteiger charge is -2.30. The van der Waals surface area contributed by atoms with Gasteiger partial charge in [-0.2, -0.15) is 4.98 Å². The maximum absolute atomic E-state index is 12.7. The van der Waals surface area contributed by atoms with E-state index in [0.29, 0.717) is 41.9 Å². The fourth-order valence-electron chi connectivity index (χ4n) is 3.20. The molecular weight excluding hydrogens is 344 g/mol. The molecule has 0 atom stereocenters. The number of nitrogens with zero attached hydrogens (tertiary/aromatic N) is 4. The summed E-state index contributed by atoms with van der Waals surface area (Å²) in [7, 11) is 0. The van der Waals surface area contributed by atoms with E-state index in [1.807, 2.05) is 24.0 Å². The Morgan fingerprint density at radius 2 is 1.93 bits per heavy atom. The van der Waals surface area contributed by atoms with Crippen LogP contribution in [0, 0.1) is 6.92 Å². The number of pyridine rings is 1. The molecule has 0 spiro atoms. The largest absolute Gasteiger partial charge is 0.456 e. The molecule has 3 aromatic rings. The van der Waals surface area contributed by atoms with Crippen molar-refractivity contribution < 1.29 is 14.1 Å². The Hall–Kier alpha value is -3.22. The van der Waals surface area contributed by atoms with Crippen molar-refractivity contribution in [1.29, 1.82) is 0 Å². The van der Waals surface area contributed by atoms with Crippen LogP contribution in [0.1, 0.15) is 40.8 Å². The van der Waals surface area contributed by atoms with E-state index in [1.165, 1.54) is 0 Å². The zero-order chi connectivity index (χ0) is 18.6. The summed E-state index contributed by atoms with van der Waals surface area (Å²) < 4.78 is 11.0. The van der Waals surface area contributed by atoms with Gasteiger partial charge in [-0.1, -0.05) is 5.16 Å². The number of piperidine rings is 1. The predicted octanol–water partition coefficient (Wildman–Crippen LogP) is 3.59. The summed E-state index contributed by atoms with van der Waals surface area (Å²) >= 11 is 0. The van der Waals surface area contributed by atoms with Gasteiger partial charge in [0.2, 0.25) is 5.89 Å². The quantitative estimate of drug-likeness (QED) is 0.704. The van der Waals surface area contributed by atoms with Gasteiger partial charge in [-0.25, -0.2) is 0 Å². The zero-order valence-electron chi connectivity index (χ0n) is 15.0. The highest BCUT2D eigenvalue weighted by atomic mass is 16.5. The molecule has 7 nitrogen and oxygen atoms in total. The van der Waals surface area contributed by atoms with E-state index in [4.69, 9.17) is 9.26 Å². The van der Waals surface area contributed by atoms with Crippen LogP contribution in [0.15, 0.2) is 53.3 Å². The Morgan fingerprint density at radius 3 is 2.56 bits per heavy atom. The second-order valence-electron chi connectivity index (χ2n) is 6.56. The normalized spacial score (nSPS) is 14.9. The Morgan fingerprint density at radius 1 is 1.15 bits per heavy atom. The molecule has 0 bridgehead atoms. The number of rotatable bonds is 4. The van der Waals surface area contributed by atoms with Gasteiger partial charge < -0.3 is 14.2 Å². The standard InChI is InChI=1S/C20H20N4O3/c1-14-22-19(27-23-14)15-8-11-24(12-9-15)20(25)16-4-6-17(7-5-16)26-18-3-2-10-21-13-18/h2-7,10,13,15H,8-9,11-12H2,1H3. The maximum atomic E-state index is 12.7. The van der Waals surface area contributed by atoms with Gasteiger partial charge in [0, 0.05) is 30.8 Å². The van der Waals surface area contributed by atoms with E-state index >= 15 is 0 Å². The third-order valence-corrected chi connectivity index (χ3v) is 4.65. The van der Waals surface area contributed by atoms with Gasteiger partial charge in [-0.15, -0.1) is 0 Å². The molecule has 1 aliphatic rings. The first-order chi connectivity index (χ1) is 13.2. The predicted molar refractivity (Wildman–Crippen MR) is 97.7 cm³/mol. The molecule has 2 aromatic heterocycles. The van der Waals surface area contributed by atoms with Gasteiger partial charge in [0.15, 0.2) is 5.82 Å². The van der Waals surface area contributed by atoms with E-state index in [0.717, 1.165) is 12.8 Å². The lowest BCUT2D eigenvalue weighted by molar-refractivity contribution is 0.0704. The number of likely N-dealkylation sites (tertiary alicyclic amines) is 1. The number of hydrogen-bond donors (Lipinski definition) is 0. The van der Waals surface area contributed by atoms with Crippen molar-refractivity contribution >= 4 is 5.91 Å². The molecule has 0 radical (unpaired) electrons. The molecule has 3 heterocycles. The SMILES string of the molecule is Cc1noc(C2CCN(C(=O)c3ccc(Oc4cccnc4)cc3)CC2)n1. The average molecular weight is 364 g/mol. The molecule has 0 N–H and O–H groups in total. The third kappa shape index (κ3) is 3.97. The first-order valence-corrected chi connectivity index (χ1v) is 8.96. The molecule has 4 rings (SSSR count). The number of ether oxygens (including phenoxy) is 1. The van der Waals surface area contributed by atoms with Crippen LogP contribution in [0.2, 0.25) is 0 Å². The summed E-state index contributed by atoms with van der Waals surface area (Å²) in [5.41, 5.74) is 0.653. The first kappa shape index (κ1) is 17.2. The number of hydrogen-bond acceptors (Lipinski definition) is 6. The van der Waals surface area contributed by atoms with Crippen molar-refractivity contribution in [3.05, 3.63) is 66.1 Å². The highest BCUT2D eigenvalue weighted by Gasteiger charge is 2.27. The molecule has 1 fully saturated rings. The molecular formula is C20H20N4O3. The van der Waals surface area contributed by atoms with E-state index in [9.17, 15) is 4.79 Å². The van der Waals surface area contributed by atoms with Gasteiger partial charge in [0.25, 0.3) is 5.91 Å². The number of aryl methyl sites for hydroxylation is 1. The lowest BCUT2D eigenvalue weighted by Crippen LogP contribution is -2.37. The van der Waals surface area contributed by atoms with Gasteiger partial charge in [0.1, 0.15) is 11.5 Å². The zero-order valence-corrected chi connectivity index (χ0v) is 15.0. The van der Waals surface area contributed by atoms with Gasteiger partial charge >= 0.3 is 0 Å². The molecule has 1 amide bonds. The Bertz CT molecular complexity index is 900. The summed E-state index contributed by atoms with van der Waals surface area (Å²) in [6, 6.07) is 10.8. The third-order valence-electron chi connectivity index (χ3n) is 4.65. The topological polar surface area (TPSA) is 81.4 Å². The molecule has 0 unspecified atom stereocenters. The molecule has 7 heteroatoms. The van der Waals surface area contributed by atoms with E-state index in [2.05, 4.69) is 15.1 Å². The minimum Gasteiger partial charge on any atom is -0.456 e. The van der Waals surface area contributed by atoms with Crippen LogP contribution < -0.4 is 4.74 Å². The number of carbonyl (C=O) groups is 1. The number of amides is 1. The van der Waals surface area contributed by atoms with Crippen LogP contribution in [-0.2, 0) is 0 Å². The van der Waals surface area contributed by atoms with Crippen molar-refractivity contribution in [2.24, 2.45) is 0 Å². The molecule has 27 heavy (non-hydrogen) atoms. The van der Waals surface area contributed by atoms with Crippen molar-refractivity contribution in [3.8, 4) is 11.5 Å². The minimum absolute atomic E-state index is 0.0306. The summed E-state index contributed by atoms with van der Waals surface area (Å²) in [6.45, 7) is 3.17. The summed E-state index contributed by atoms with van der Waals surface area (Å²) in [6.07, 6.45) is 5.00. The lowest BCUT2D eigenvalue weighted by atomic mass is 9.96. The fraction of sp³-hybridized carbons (Fsp3) is 0.300. The van der Waals surface area contributed by atoms with E-state index in [-0.39, 0.29) is 11.8 Å². The Kier molecular flexibility index (Phi) is 4.82. The first-order valence-electron chi connectivity index (χ1n) is 8.96. The smallest absolute Gasteiger partial charge is 0.253 e. The van der Waals surface area contributed by atoms with Crippen molar-refractivity contribution in [3.63, 3.8) is 0 Å². The summed E-state index contributed by atoms with van der Waals surface area (Å²) in [4.78, 5) is 22.9. The molecule has 138 valence electrons. The summed E-state index contributed by atoms with van der Waals surface area (Å²) in [5, 5.41) is 3.85. The highest BCUT2D eigenvalue weighted by Crippen LogP contribution is 2.28. The van der Waals surface area contributed by atoms with Crippen LogP contribution in [0.5, 0.6) is 11.5 Å². The second kappa shape index (κ2) is 7.57. The maximum Gasteiger partial charge on any atom is 0.253 e. The van der Waals surface area contributed by atoms with Crippen LogP contribution >= 0.6 is 0 Å². The number of benzene rings is 1. The summed E-state index contributed by atoms with van der Waals surface area (Å²) in [5.74, 6) is 2.92. The highest BCUT2D eigenvalue weighted by molar-refractivity contribution is 5.94. The van der Waals surface area contributed by atoms with Crippen LogP contribution in [0.4, 0.5) is 0 Å². The number of aromatic nitrogens is 3. The van der Waals surface area contributed by atoms with Crippen LogP contribution in [-0.4, -0.2) is 39.0 Å².